The first-order valence-electron chi connectivity index (χ1n) is 9.40. The van der Waals surface area contributed by atoms with Gasteiger partial charge in [0.05, 0.1) is 13.2 Å². The van der Waals surface area contributed by atoms with E-state index in [-0.39, 0.29) is 29.5 Å². The van der Waals surface area contributed by atoms with Crippen LogP contribution in [0.2, 0.25) is 0 Å². The fourth-order valence-electron chi connectivity index (χ4n) is 3.23. The normalized spacial score (nSPS) is 15.2. The maximum atomic E-state index is 12.6. The molecule has 1 fully saturated rings. The molecule has 1 aliphatic heterocycles. The van der Waals surface area contributed by atoms with Crippen molar-refractivity contribution in [3.8, 4) is 0 Å². The van der Waals surface area contributed by atoms with Crippen LogP contribution in [0.5, 0.6) is 0 Å². The summed E-state index contributed by atoms with van der Waals surface area (Å²) >= 11 is 0. The van der Waals surface area contributed by atoms with E-state index in [1.165, 1.54) is 16.6 Å². The van der Waals surface area contributed by atoms with Crippen molar-refractivity contribution < 1.29 is 27.5 Å². The minimum atomic E-state index is -3.72. The number of nitrogens with zero attached hydrogens (tertiary/aromatic N) is 1. The summed E-state index contributed by atoms with van der Waals surface area (Å²) in [7, 11) is -3.72. The van der Waals surface area contributed by atoms with E-state index in [0.717, 1.165) is 10.8 Å². The Hall–Kier alpha value is -3.01. The summed E-state index contributed by atoms with van der Waals surface area (Å²) in [6.45, 7) is 0.730. The van der Waals surface area contributed by atoms with Gasteiger partial charge >= 0.3 is 5.97 Å². The SMILES string of the molecule is O=C(COC(=O)c1cc(S(=O)(=O)N2CCOCC2)c[nH]1)c1ccc2ccccc2c1. The number of H-pyrrole nitrogens is 1. The molecule has 0 saturated carbocycles. The van der Waals surface area contributed by atoms with E-state index in [0.29, 0.717) is 18.8 Å². The van der Waals surface area contributed by atoms with Crippen LogP contribution in [0.1, 0.15) is 20.8 Å². The van der Waals surface area contributed by atoms with Crippen LogP contribution in [-0.4, -0.2) is 62.4 Å². The molecule has 0 amide bonds. The zero-order chi connectivity index (χ0) is 21.1. The number of ether oxygens (including phenoxy) is 2. The third-order valence-electron chi connectivity index (χ3n) is 4.89. The Bertz CT molecular complexity index is 1190. The Morgan fingerprint density at radius 3 is 2.53 bits per heavy atom. The number of Topliss-reactive ketones (excluding diaryl/α,β-unsaturated/α-hetero) is 1. The van der Waals surface area contributed by atoms with Crippen molar-refractivity contribution in [3.05, 3.63) is 66.0 Å². The van der Waals surface area contributed by atoms with Crippen LogP contribution in [-0.2, 0) is 19.5 Å². The van der Waals surface area contributed by atoms with Crippen molar-refractivity contribution in [2.24, 2.45) is 0 Å². The van der Waals surface area contributed by atoms with Crippen molar-refractivity contribution in [1.29, 1.82) is 0 Å². The Labute approximate surface area is 173 Å². The van der Waals surface area contributed by atoms with Crippen molar-refractivity contribution in [1.82, 2.24) is 9.29 Å². The van der Waals surface area contributed by atoms with E-state index >= 15 is 0 Å². The monoisotopic (exact) mass is 428 g/mol. The lowest BCUT2D eigenvalue weighted by Gasteiger charge is -2.25. The molecular weight excluding hydrogens is 408 g/mol. The number of rotatable bonds is 6. The number of hydrogen-bond acceptors (Lipinski definition) is 6. The summed E-state index contributed by atoms with van der Waals surface area (Å²) in [6.07, 6.45) is 1.24. The maximum absolute atomic E-state index is 12.6. The number of aromatic amines is 1. The zero-order valence-electron chi connectivity index (χ0n) is 16.0. The summed E-state index contributed by atoms with van der Waals surface area (Å²) in [4.78, 5) is 27.3. The molecule has 0 aliphatic carbocycles. The number of carbonyl (C=O) groups is 2. The van der Waals surface area contributed by atoms with Crippen LogP contribution >= 0.6 is 0 Å². The number of morpholine rings is 1. The number of hydrogen-bond donors (Lipinski definition) is 1. The molecule has 3 aromatic rings. The molecule has 1 saturated heterocycles. The van der Waals surface area contributed by atoms with Gasteiger partial charge in [-0.05, 0) is 22.9 Å². The number of carbonyl (C=O) groups excluding carboxylic acids is 2. The maximum Gasteiger partial charge on any atom is 0.355 e. The van der Waals surface area contributed by atoms with Gasteiger partial charge < -0.3 is 14.5 Å². The molecule has 1 aliphatic rings. The van der Waals surface area contributed by atoms with Crippen LogP contribution in [0.3, 0.4) is 0 Å². The lowest BCUT2D eigenvalue weighted by atomic mass is 10.0. The van der Waals surface area contributed by atoms with Gasteiger partial charge in [0.1, 0.15) is 10.6 Å². The topological polar surface area (TPSA) is 106 Å². The molecule has 0 atom stereocenters. The summed E-state index contributed by atoms with van der Waals surface area (Å²) in [6, 6.07) is 14.1. The van der Waals surface area contributed by atoms with Gasteiger partial charge in [-0.3, -0.25) is 4.79 Å². The minimum Gasteiger partial charge on any atom is -0.453 e. The molecule has 9 heteroatoms. The van der Waals surface area contributed by atoms with E-state index in [1.54, 1.807) is 12.1 Å². The molecule has 4 rings (SSSR count). The number of sulfonamides is 1. The first-order valence-corrected chi connectivity index (χ1v) is 10.8. The van der Waals surface area contributed by atoms with Gasteiger partial charge in [0.25, 0.3) is 0 Å². The second kappa shape index (κ2) is 8.39. The molecule has 0 unspecified atom stereocenters. The third-order valence-corrected chi connectivity index (χ3v) is 6.77. The molecule has 8 nitrogen and oxygen atoms in total. The van der Waals surface area contributed by atoms with Crippen LogP contribution in [0.25, 0.3) is 10.8 Å². The van der Waals surface area contributed by atoms with Gasteiger partial charge in [-0.25, -0.2) is 13.2 Å². The Morgan fingerprint density at radius 1 is 1.03 bits per heavy atom. The lowest BCUT2D eigenvalue weighted by molar-refractivity contribution is 0.0469. The van der Waals surface area contributed by atoms with Gasteiger partial charge in [-0.2, -0.15) is 4.31 Å². The highest BCUT2D eigenvalue weighted by Crippen LogP contribution is 2.19. The predicted molar refractivity (Wildman–Crippen MR) is 109 cm³/mol. The first kappa shape index (κ1) is 20.3. The standard InChI is InChI=1S/C21H20N2O6S/c24-20(17-6-5-15-3-1-2-4-16(15)11-17)14-29-21(25)19-12-18(13-22-19)30(26,27)23-7-9-28-10-8-23/h1-6,11-13,22H,7-10,14H2. The molecule has 0 spiro atoms. The lowest BCUT2D eigenvalue weighted by Crippen LogP contribution is -2.40. The van der Waals surface area contributed by atoms with E-state index in [2.05, 4.69) is 4.98 Å². The van der Waals surface area contributed by atoms with Gasteiger partial charge in [0.2, 0.25) is 10.0 Å². The fourth-order valence-corrected chi connectivity index (χ4v) is 4.63. The molecular formula is C21H20N2O6S. The van der Waals surface area contributed by atoms with E-state index in [9.17, 15) is 18.0 Å². The molecule has 0 bridgehead atoms. The highest BCUT2D eigenvalue weighted by atomic mass is 32.2. The summed E-state index contributed by atoms with van der Waals surface area (Å²) in [5.74, 6) is -1.14. The summed E-state index contributed by atoms with van der Waals surface area (Å²) < 4.78 is 36.8. The predicted octanol–water partition coefficient (Wildman–Crippen LogP) is 2.23. The van der Waals surface area contributed by atoms with E-state index in [4.69, 9.17) is 9.47 Å². The number of ketones is 1. The smallest absolute Gasteiger partial charge is 0.355 e. The fraction of sp³-hybridized carbons (Fsp3) is 0.238. The number of fused-ring (bicyclic) bond motifs is 1. The van der Waals surface area contributed by atoms with Crippen molar-refractivity contribution in [2.45, 2.75) is 4.90 Å². The highest BCUT2D eigenvalue weighted by molar-refractivity contribution is 7.89. The van der Waals surface area contributed by atoms with Gasteiger partial charge in [0.15, 0.2) is 12.4 Å². The summed E-state index contributed by atoms with van der Waals surface area (Å²) in [5.41, 5.74) is 0.400. The molecule has 156 valence electrons. The minimum absolute atomic E-state index is 0.0304. The molecule has 30 heavy (non-hydrogen) atoms. The largest absolute Gasteiger partial charge is 0.453 e. The molecule has 2 heterocycles. The third kappa shape index (κ3) is 4.13. The number of aromatic nitrogens is 1. The summed E-state index contributed by atoms with van der Waals surface area (Å²) in [5, 5.41) is 1.92. The van der Waals surface area contributed by atoms with E-state index in [1.807, 2.05) is 30.3 Å². The number of nitrogens with one attached hydrogen (secondary N) is 1. The Morgan fingerprint density at radius 2 is 1.77 bits per heavy atom. The molecule has 2 aromatic carbocycles. The average molecular weight is 428 g/mol. The van der Waals surface area contributed by atoms with Crippen molar-refractivity contribution in [2.75, 3.05) is 32.9 Å². The quantitative estimate of drug-likeness (QED) is 0.477. The van der Waals surface area contributed by atoms with Crippen LogP contribution in [0, 0.1) is 0 Å². The van der Waals surface area contributed by atoms with Crippen LogP contribution in [0.15, 0.2) is 59.6 Å². The van der Waals surface area contributed by atoms with Crippen LogP contribution in [0.4, 0.5) is 0 Å². The Kier molecular flexibility index (Phi) is 5.67. The average Bonchev–Trinajstić information content (AvgIpc) is 3.29. The first-order chi connectivity index (χ1) is 14.4. The van der Waals surface area contributed by atoms with Gasteiger partial charge in [0, 0.05) is 24.8 Å². The second-order valence-electron chi connectivity index (χ2n) is 6.83. The van der Waals surface area contributed by atoms with Crippen LogP contribution < -0.4 is 0 Å². The zero-order valence-corrected chi connectivity index (χ0v) is 16.9. The number of benzene rings is 2. The molecule has 1 N–H and O–H groups in total. The van der Waals surface area contributed by atoms with Crippen molar-refractivity contribution >= 4 is 32.5 Å². The molecule has 1 aromatic heterocycles. The van der Waals surface area contributed by atoms with Gasteiger partial charge in [-0.15, -0.1) is 0 Å². The second-order valence-corrected chi connectivity index (χ2v) is 8.76. The van der Waals surface area contributed by atoms with E-state index < -0.39 is 22.6 Å². The Balaban J connectivity index is 1.41. The molecule has 0 radical (unpaired) electrons. The number of esters is 1. The highest BCUT2D eigenvalue weighted by Gasteiger charge is 2.28. The van der Waals surface area contributed by atoms with Gasteiger partial charge in [-0.1, -0.05) is 36.4 Å². The van der Waals surface area contributed by atoms with Crippen molar-refractivity contribution in [3.63, 3.8) is 0 Å².